The zero-order chi connectivity index (χ0) is 27.3. The SMILES string of the molecule is Cc1ccc(C(=O)N[C@@H](Oc2ccc(/C=C3\SC(=S)N(CCc4ccccc4)C3=O)cc2)C(Cl)(Cl)Cl)cc1. The predicted molar refractivity (Wildman–Crippen MR) is 160 cm³/mol. The van der Waals surface area contributed by atoms with Crippen LogP contribution in [0.15, 0.2) is 83.8 Å². The maximum absolute atomic E-state index is 12.9. The normalized spacial score (nSPS) is 15.6. The fourth-order valence-electron chi connectivity index (χ4n) is 3.59. The lowest BCUT2D eigenvalue weighted by atomic mass is 10.1. The molecule has 1 atom stereocenters. The summed E-state index contributed by atoms with van der Waals surface area (Å²) in [5.41, 5.74) is 3.35. The van der Waals surface area contributed by atoms with Gasteiger partial charge in [0.1, 0.15) is 10.1 Å². The molecule has 3 aromatic carbocycles. The fourth-order valence-corrected chi connectivity index (χ4v) is 5.20. The summed E-state index contributed by atoms with van der Waals surface area (Å²) < 4.78 is 4.41. The van der Waals surface area contributed by atoms with Crippen LogP contribution in [0, 0.1) is 6.92 Å². The molecule has 10 heteroatoms. The van der Waals surface area contributed by atoms with Crippen LogP contribution in [0.1, 0.15) is 27.0 Å². The first kappa shape index (κ1) is 28.5. The molecule has 0 saturated carbocycles. The van der Waals surface area contributed by atoms with Gasteiger partial charge in [0.25, 0.3) is 11.8 Å². The van der Waals surface area contributed by atoms with Gasteiger partial charge in [-0.05, 0) is 54.8 Å². The molecule has 5 nitrogen and oxygen atoms in total. The van der Waals surface area contributed by atoms with Gasteiger partial charge >= 0.3 is 0 Å². The van der Waals surface area contributed by atoms with Crippen LogP contribution in [0.2, 0.25) is 0 Å². The molecule has 1 saturated heterocycles. The molecular formula is C28H23Cl3N2O3S2. The maximum Gasteiger partial charge on any atom is 0.266 e. The Bertz CT molecular complexity index is 1340. The Labute approximate surface area is 246 Å². The van der Waals surface area contributed by atoms with Crippen molar-refractivity contribution in [1.29, 1.82) is 0 Å². The first-order valence-corrected chi connectivity index (χ1v) is 14.0. The minimum absolute atomic E-state index is 0.119. The van der Waals surface area contributed by atoms with E-state index in [0.29, 0.717) is 27.1 Å². The van der Waals surface area contributed by atoms with Gasteiger partial charge in [0.2, 0.25) is 10.0 Å². The number of nitrogens with zero attached hydrogens (tertiary/aromatic N) is 1. The second-order valence-corrected chi connectivity index (χ2v) is 12.6. The summed E-state index contributed by atoms with van der Waals surface area (Å²) in [5.74, 6) is -0.184. The van der Waals surface area contributed by atoms with E-state index in [4.69, 9.17) is 51.8 Å². The maximum atomic E-state index is 12.9. The number of carbonyl (C=O) groups is 2. The number of thiocarbonyl (C=S) groups is 1. The van der Waals surface area contributed by atoms with Crippen molar-refractivity contribution in [2.45, 2.75) is 23.4 Å². The molecule has 0 unspecified atom stereocenters. The van der Waals surface area contributed by atoms with Gasteiger partial charge in [-0.15, -0.1) is 0 Å². The lowest BCUT2D eigenvalue weighted by Crippen LogP contribution is -2.47. The third-order valence-electron chi connectivity index (χ3n) is 5.65. The summed E-state index contributed by atoms with van der Waals surface area (Å²) in [6.45, 7) is 2.44. The van der Waals surface area contributed by atoms with Gasteiger partial charge in [-0.1, -0.05) is 119 Å². The van der Waals surface area contributed by atoms with Crippen LogP contribution >= 0.6 is 58.8 Å². The average molecular weight is 606 g/mol. The van der Waals surface area contributed by atoms with Crippen molar-refractivity contribution in [2.24, 2.45) is 0 Å². The van der Waals surface area contributed by atoms with E-state index in [1.54, 1.807) is 47.4 Å². The second kappa shape index (κ2) is 12.5. The summed E-state index contributed by atoms with van der Waals surface area (Å²) in [6, 6.07) is 23.8. The zero-order valence-corrected chi connectivity index (χ0v) is 24.1. The van der Waals surface area contributed by atoms with Crippen molar-refractivity contribution in [3.05, 3.63) is 106 Å². The number of carbonyl (C=O) groups excluding carboxylic acids is 2. The standard InChI is InChI=1S/C28H23Cl3N2O3S2/c1-18-7-11-21(12-8-18)24(34)32-26(28(29,30)31)36-22-13-9-20(10-14-22)17-23-25(35)33(27(37)38-23)16-15-19-5-3-2-4-6-19/h2-14,17,26H,15-16H2,1H3,(H,32,34)/b23-17-/t26-/m0/s1. The third kappa shape index (κ3) is 7.52. The van der Waals surface area contributed by atoms with E-state index in [2.05, 4.69) is 5.32 Å². The van der Waals surface area contributed by atoms with Crippen LogP contribution in [-0.4, -0.2) is 37.6 Å². The van der Waals surface area contributed by atoms with Crippen LogP contribution in [0.5, 0.6) is 5.75 Å². The van der Waals surface area contributed by atoms with Gasteiger partial charge in [0.05, 0.1) is 4.91 Å². The van der Waals surface area contributed by atoms with E-state index in [1.807, 2.05) is 49.4 Å². The molecule has 0 bridgehead atoms. The smallest absolute Gasteiger partial charge is 0.266 e. The molecule has 196 valence electrons. The van der Waals surface area contributed by atoms with Crippen molar-refractivity contribution in [3.8, 4) is 5.75 Å². The lowest BCUT2D eigenvalue weighted by Gasteiger charge is -2.26. The summed E-state index contributed by atoms with van der Waals surface area (Å²) in [4.78, 5) is 27.7. The van der Waals surface area contributed by atoms with E-state index < -0.39 is 15.9 Å². The molecule has 0 radical (unpaired) electrons. The van der Waals surface area contributed by atoms with Crippen LogP contribution in [0.4, 0.5) is 0 Å². The molecule has 1 aliphatic heterocycles. The number of alkyl halides is 3. The van der Waals surface area contributed by atoms with E-state index in [-0.39, 0.29) is 5.91 Å². The van der Waals surface area contributed by atoms with E-state index in [0.717, 1.165) is 23.1 Å². The molecule has 0 aromatic heterocycles. The Hall–Kier alpha value is -2.55. The monoisotopic (exact) mass is 604 g/mol. The Kier molecular flexibility index (Phi) is 9.39. The highest BCUT2D eigenvalue weighted by Gasteiger charge is 2.36. The highest BCUT2D eigenvalue weighted by atomic mass is 35.6. The molecule has 0 aliphatic carbocycles. The molecule has 3 aromatic rings. The average Bonchev–Trinajstić information content (AvgIpc) is 3.15. The van der Waals surface area contributed by atoms with E-state index >= 15 is 0 Å². The number of rotatable bonds is 8. The lowest BCUT2D eigenvalue weighted by molar-refractivity contribution is -0.122. The van der Waals surface area contributed by atoms with E-state index in [9.17, 15) is 9.59 Å². The van der Waals surface area contributed by atoms with Crippen LogP contribution < -0.4 is 10.1 Å². The summed E-state index contributed by atoms with van der Waals surface area (Å²) in [6.07, 6.45) is 1.25. The van der Waals surface area contributed by atoms with Crippen molar-refractivity contribution < 1.29 is 14.3 Å². The van der Waals surface area contributed by atoms with Crippen LogP contribution in [-0.2, 0) is 11.2 Å². The highest BCUT2D eigenvalue weighted by Crippen LogP contribution is 2.34. The topological polar surface area (TPSA) is 58.6 Å². The number of hydrogen-bond donors (Lipinski definition) is 1. The van der Waals surface area contributed by atoms with Crippen molar-refractivity contribution in [2.75, 3.05) is 6.54 Å². The van der Waals surface area contributed by atoms with Gasteiger partial charge in [0.15, 0.2) is 0 Å². The number of benzene rings is 3. The first-order chi connectivity index (χ1) is 18.1. The number of hydrogen-bond acceptors (Lipinski definition) is 5. The van der Waals surface area contributed by atoms with Gasteiger partial charge in [-0.3, -0.25) is 14.5 Å². The Balaban J connectivity index is 1.40. The third-order valence-corrected chi connectivity index (χ3v) is 7.62. The van der Waals surface area contributed by atoms with Crippen LogP contribution in [0.25, 0.3) is 6.08 Å². The summed E-state index contributed by atoms with van der Waals surface area (Å²) in [7, 11) is 0. The minimum atomic E-state index is -1.92. The molecule has 38 heavy (non-hydrogen) atoms. The van der Waals surface area contributed by atoms with E-state index in [1.165, 1.54) is 11.8 Å². The summed E-state index contributed by atoms with van der Waals surface area (Å²) >= 11 is 25.0. The Morgan fingerprint density at radius 2 is 1.71 bits per heavy atom. The summed E-state index contributed by atoms with van der Waals surface area (Å²) in [5, 5.41) is 2.62. The van der Waals surface area contributed by atoms with Gasteiger partial charge in [0, 0.05) is 12.1 Å². The quantitative estimate of drug-likeness (QED) is 0.130. The predicted octanol–water partition coefficient (Wildman–Crippen LogP) is 6.94. The zero-order valence-electron chi connectivity index (χ0n) is 20.2. The molecule has 2 amide bonds. The number of thioether (sulfide) groups is 1. The number of halogens is 3. The van der Waals surface area contributed by atoms with Crippen molar-refractivity contribution >= 4 is 81.0 Å². The first-order valence-electron chi connectivity index (χ1n) is 11.6. The number of amides is 2. The fraction of sp³-hybridized carbons (Fsp3) is 0.179. The van der Waals surface area contributed by atoms with Gasteiger partial charge in [-0.2, -0.15) is 0 Å². The molecule has 1 heterocycles. The number of nitrogens with one attached hydrogen (secondary N) is 1. The molecule has 0 spiro atoms. The molecule has 1 fully saturated rings. The largest absolute Gasteiger partial charge is 0.466 e. The molecular weight excluding hydrogens is 583 g/mol. The number of aryl methyl sites for hydroxylation is 1. The van der Waals surface area contributed by atoms with Crippen molar-refractivity contribution in [1.82, 2.24) is 10.2 Å². The Morgan fingerprint density at radius 1 is 1.05 bits per heavy atom. The van der Waals surface area contributed by atoms with Gasteiger partial charge < -0.3 is 10.1 Å². The van der Waals surface area contributed by atoms with Crippen molar-refractivity contribution in [3.63, 3.8) is 0 Å². The Morgan fingerprint density at radius 3 is 2.34 bits per heavy atom. The van der Waals surface area contributed by atoms with Crippen LogP contribution in [0.3, 0.4) is 0 Å². The molecule has 4 rings (SSSR count). The highest BCUT2D eigenvalue weighted by molar-refractivity contribution is 8.26. The molecule has 1 N–H and O–H groups in total. The second-order valence-electron chi connectivity index (χ2n) is 8.52. The number of ether oxygens (including phenoxy) is 1. The minimum Gasteiger partial charge on any atom is -0.466 e. The van der Waals surface area contributed by atoms with Gasteiger partial charge in [-0.25, -0.2) is 0 Å². The molecule has 1 aliphatic rings.